The number of hydrogen-bond donors (Lipinski definition) is 1. The van der Waals surface area contributed by atoms with Gasteiger partial charge in [-0.15, -0.1) is 0 Å². The molecule has 62 heavy (non-hydrogen) atoms. The zero-order valence-electron chi connectivity index (χ0n) is 41.8. The molecule has 0 fully saturated rings. The molecule has 8 heteroatoms. The molecule has 0 bridgehead atoms. The molecular weight excluding hydrogens is 808 g/mol. The summed E-state index contributed by atoms with van der Waals surface area (Å²) in [4.78, 5) is 30.7. The van der Waals surface area contributed by atoms with Crippen LogP contribution < -0.4 is 15.3 Å². The van der Waals surface area contributed by atoms with Crippen LogP contribution in [-0.2, 0) is 35.2 Å². The molecule has 0 heterocycles. The Hall–Kier alpha value is -0.916. The van der Waals surface area contributed by atoms with E-state index >= 15 is 0 Å². The second kappa shape index (κ2) is 66.7. The SMILES string of the molecule is CCCCCCCCCCCCCCCCCC(=O)[O-].CCCCCCCCCCCCCCCCCC(=O)[O-].CCCCCCCCCCCCCCCCCC(=O)[O-].[OH][Ti+3]. The zero-order chi connectivity index (χ0) is 46.7. The van der Waals surface area contributed by atoms with Crippen LogP contribution in [0.15, 0.2) is 0 Å². The third kappa shape index (κ3) is 79.5. The summed E-state index contributed by atoms with van der Waals surface area (Å²) in [7, 11) is 0. The van der Waals surface area contributed by atoms with E-state index in [2.05, 4.69) is 20.8 Å². The second-order valence-corrected chi connectivity index (χ2v) is 18.2. The third-order valence-electron chi connectivity index (χ3n) is 12.0. The maximum atomic E-state index is 10.2. The number of carboxylic acids is 3. The average Bonchev–Trinajstić information content (AvgIpc) is 3.26. The predicted octanol–water partition coefficient (Wildman–Crippen LogP) is 14.4. The Balaban J connectivity index is -0.000000398. The summed E-state index contributed by atoms with van der Waals surface area (Å²) in [6, 6.07) is 0. The molecule has 0 radical (unpaired) electrons. The van der Waals surface area contributed by atoms with Crippen molar-refractivity contribution in [3.63, 3.8) is 0 Å². The van der Waals surface area contributed by atoms with Gasteiger partial charge in [-0.1, -0.05) is 290 Å². The number of hydrogen-bond acceptors (Lipinski definition) is 7. The Morgan fingerprint density at radius 1 is 0.242 bits per heavy atom. The zero-order valence-corrected chi connectivity index (χ0v) is 43.4. The Bertz CT molecular complexity index is 720. The van der Waals surface area contributed by atoms with E-state index in [4.69, 9.17) is 3.69 Å². The van der Waals surface area contributed by atoms with Crippen LogP contribution in [0.5, 0.6) is 0 Å². The normalized spacial score (nSPS) is 10.6. The van der Waals surface area contributed by atoms with Crippen molar-refractivity contribution in [1.82, 2.24) is 0 Å². The molecule has 0 rings (SSSR count). The Morgan fingerprint density at radius 3 is 0.435 bits per heavy atom. The van der Waals surface area contributed by atoms with Crippen molar-refractivity contribution >= 4 is 17.9 Å². The molecule has 1 N–H and O–H groups in total. The van der Waals surface area contributed by atoms with E-state index in [-0.39, 0.29) is 19.3 Å². The molecule has 0 aromatic carbocycles. The molecule has 0 amide bonds. The summed E-state index contributed by atoms with van der Waals surface area (Å²) in [6.07, 6.45) is 59.6. The van der Waals surface area contributed by atoms with Gasteiger partial charge in [-0.05, 0) is 38.5 Å². The number of carbonyl (C=O) groups excluding carboxylic acids is 3. The van der Waals surface area contributed by atoms with Crippen molar-refractivity contribution in [3.8, 4) is 0 Å². The van der Waals surface area contributed by atoms with Crippen LogP contribution in [0.25, 0.3) is 0 Å². The minimum atomic E-state index is -0.903. The second-order valence-electron chi connectivity index (χ2n) is 18.2. The molecule has 0 unspecified atom stereocenters. The summed E-state index contributed by atoms with van der Waals surface area (Å²) in [5.74, 6) is -2.71. The molecule has 0 aliphatic heterocycles. The van der Waals surface area contributed by atoms with Gasteiger partial charge in [-0.2, -0.15) is 0 Å². The van der Waals surface area contributed by atoms with Gasteiger partial charge in [-0.3, -0.25) is 0 Å². The van der Waals surface area contributed by atoms with Crippen LogP contribution in [0, 0.1) is 0 Å². The van der Waals surface area contributed by atoms with Crippen molar-refractivity contribution < 1.29 is 54.2 Å². The molecular formula is C54H106O7Ti. The van der Waals surface area contributed by atoms with Gasteiger partial charge < -0.3 is 29.7 Å². The van der Waals surface area contributed by atoms with Gasteiger partial charge in [0.1, 0.15) is 0 Å². The molecule has 0 aromatic rings. The van der Waals surface area contributed by atoms with Crippen LogP contribution >= 0.6 is 0 Å². The van der Waals surface area contributed by atoms with Crippen molar-refractivity contribution in [2.24, 2.45) is 0 Å². The first-order chi connectivity index (χ1) is 30.3. The summed E-state index contributed by atoms with van der Waals surface area (Å²) >= 11 is 1.00. The summed E-state index contributed by atoms with van der Waals surface area (Å²) in [5.41, 5.74) is 0. The van der Waals surface area contributed by atoms with E-state index in [1.807, 2.05) is 0 Å². The average molecular weight is 915 g/mol. The maximum absolute atomic E-state index is 10.2. The van der Waals surface area contributed by atoms with Gasteiger partial charge >= 0.3 is 24.5 Å². The minimum absolute atomic E-state index is 0.234. The van der Waals surface area contributed by atoms with Gasteiger partial charge in [0, 0.05) is 17.9 Å². The first kappa shape index (κ1) is 67.7. The molecule has 0 saturated carbocycles. The number of carbonyl (C=O) groups is 3. The summed E-state index contributed by atoms with van der Waals surface area (Å²) in [5, 5.41) is 30.7. The predicted molar refractivity (Wildman–Crippen MR) is 256 cm³/mol. The van der Waals surface area contributed by atoms with Crippen LogP contribution in [-0.4, -0.2) is 21.6 Å². The van der Waals surface area contributed by atoms with Gasteiger partial charge in [0.15, 0.2) is 0 Å². The fourth-order valence-electron chi connectivity index (χ4n) is 7.92. The Kier molecular flexibility index (Phi) is 72.8. The van der Waals surface area contributed by atoms with Gasteiger partial charge in [-0.25, -0.2) is 0 Å². The van der Waals surface area contributed by atoms with Crippen molar-refractivity contribution in [2.75, 3.05) is 0 Å². The Labute approximate surface area is 399 Å². The van der Waals surface area contributed by atoms with Crippen molar-refractivity contribution in [1.29, 1.82) is 0 Å². The van der Waals surface area contributed by atoms with E-state index in [1.54, 1.807) is 0 Å². The molecule has 0 saturated heterocycles. The Morgan fingerprint density at radius 2 is 0.339 bits per heavy atom. The van der Waals surface area contributed by atoms with E-state index in [9.17, 15) is 29.7 Å². The molecule has 0 aliphatic rings. The summed E-state index contributed by atoms with van der Waals surface area (Å²) in [6.45, 7) is 6.80. The molecule has 0 atom stereocenters. The third-order valence-corrected chi connectivity index (χ3v) is 12.0. The number of carboxylic acid groups (broad SMARTS) is 3. The van der Waals surface area contributed by atoms with Crippen LogP contribution in [0.1, 0.15) is 329 Å². The molecule has 0 aromatic heterocycles. The van der Waals surface area contributed by atoms with Gasteiger partial charge in [0.05, 0.1) is 0 Å². The van der Waals surface area contributed by atoms with E-state index in [0.717, 1.165) is 59.3 Å². The fourth-order valence-corrected chi connectivity index (χ4v) is 7.92. The molecule has 368 valence electrons. The first-order valence-electron chi connectivity index (χ1n) is 27.1. The summed E-state index contributed by atoms with van der Waals surface area (Å²) < 4.78 is 7.00. The van der Waals surface area contributed by atoms with E-state index in [0.29, 0.717) is 0 Å². The first-order valence-corrected chi connectivity index (χ1v) is 27.8. The van der Waals surface area contributed by atoms with Crippen molar-refractivity contribution in [2.45, 2.75) is 329 Å². The van der Waals surface area contributed by atoms with Crippen LogP contribution in [0.2, 0.25) is 0 Å². The number of rotatable bonds is 48. The number of aliphatic carboxylic acids is 3. The number of unbranched alkanes of at least 4 members (excludes halogenated alkanes) is 42. The topological polar surface area (TPSA) is 141 Å². The van der Waals surface area contributed by atoms with Gasteiger partial charge in [0.2, 0.25) is 0 Å². The van der Waals surface area contributed by atoms with Crippen LogP contribution in [0.4, 0.5) is 0 Å². The van der Waals surface area contributed by atoms with E-state index < -0.39 is 17.9 Å². The van der Waals surface area contributed by atoms with Crippen LogP contribution in [0.3, 0.4) is 0 Å². The standard InChI is InChI=1S/3C18H36O2.H2O.Ti/c3*1-2-3-4-5-6-7-8-9-10-11-12-13-14-15-16-17-18(19)20;;/h3*2-17H2,1H3,(H,19,20);1H2;/q;;;;+4/p-4. The monoisotopic (exact) mass is 915 g/mol. The van der Waals surface area contributed by atoms with Gasteiger partial charge in [0.25, 0.3) is 0 Å². The fraction of sp³-hybridized carbons (Fsp3) is 0.944. The molecule has 7 nitrogen and oxygen atoms in total. The van der Waals surface area contributed by atoms with Crippen molar-refractivity contribution in [3.05, 3.63) is 0 Å². The van der Waals surface area contributed by atoms with E-state index in [1.165, 1.54) is 250 Å². The molecule has 0 aliphatic carbocycles. The quantitative estimate of drug-likeness (QED) is 0.0473. The molecule has 0 spiro atoms.